The first-order chi connectivity index (χ1) is 4.39. The lowest BCUT2D eigenvalue weighted by atomic mass is 10.3. The maximum atomic E-state index is 11.5. The van der Waals surface area contributed by atoms with Crippen molar-refractivity contribution in [2.75, 3.05) is 7.05 Å². The van der Waals surface area contributed by atoms with Crippen LogP contribution >= 0.6 is 0 Å². The number of hydrogen-bond donors (Lipinski definition) is 2. The Balaban J connectivity index is 4.23. The van der Waals surface area contributed by atoms with E-state index in [-0.39, 0.29) is 0 Å². The minimum Gasteiger partial charge on any atom is -0.385 e. The van der Waals surface area contributed by atoms with Gasteiger partial charge in [0.2, 0.25) is 6.10 Å². The predicted octanol–water partition coefficient (Wildman–Crippen LogP) is -0.103. The quantitative estimate of drug-likeness (QED) is 0.411. The van der Waals surface area contributed by atoms with Crippen LogP contribution in [0.2, 0.25) is 0 Å². The minimum absolute atomic E-state index is 0.826. The van der Waals surface area contributed by atoms with Crippen LogP contribution in [0.25, 0.3) is 0 Å². The average molecular weight is 156 g/mol. The Hall–Kier alpha value is -0.780. The summed E-state index contributed by atoms with van der Waals surface area (Å²) in [6.07, 6.45) is -7.36. The van der Waals surface area contributed by atoms with E-state index < -0.39 is 18.1 Å². The van der Waals surface area contributed by atoms with Crippen molar-refractivity contribution in [3.8, 4) is 0 Å². The van der Waals surface area contributed by atoms with Gasteiger partial charge in [-0.1, -0.05) is 0 Å². The van der Waals surface area contributed by atoms with E-state index in [2.05, 4.69) is 10.7 Å². The molecule has 0 aliphatic carbocycles. The standard InChI is InChI=1S/C4H7F3N2O/c1-9-3(8)2(10)4(5,6)7/h2,10H,1H3,(H2,8,9). The first-order valence-corrected chi connectivity index (χ1v) is 2.36. The van der Waals surface area contributed by atoms with Gasteiger partial charge < -0.3 is 10.8 Å². The second-order valence-corrected chi connectivity index (χ2v) is 1.59. The molecule has 0 aliphatic heterocycles. The van der Waals surface area contributed by atoms with Crippen molar-refractivity contribution >= 4 is 5.84 Å². The van der Waals surface area contributed by atoms with Gasteiger partial charge in [0, 0.05) is 7.05 Å². The number of aliphatic hydroxyl groups is 1. The van der Waals surface area contributed by atoms with Crippen molar-refractivity contribution in [2.45, 2.75) is 12.3 Å². The Labute approximate surface area is 55.4 Å². The van der Waals surface area contributed by atoms with Crippen LogP contribution in [-0.2, 0) is 0 Å². The molecule has 0 fully saturated rings. The smallest absolute Gasteiger partial charge is 0.385 e. The molecule has 0 aromatic carbocycles. The third-order valence-electron chi connectivity index (χ3n) is 0.848. The fourth-order valence-corrected chi connectivity index (χ4v) is 0.290. The highest BCUT2D eigenvalue weighted by atomic mass is 19.4. The summed E-state index contributed by atoms with van der Waals surface area (Å²) in [5.41, 5.74) is 4.68. The van der Waals surface area contributed by atoms with Crippen LogP contribution in [0.15, 0.2) is 4.99 Å². The molecule has 1 atom stereocenters. The molecule has 0 aromatic rings. The van der Waals surface area contributed by atoms with Crippen LogP contribution in [0.3, 0.4) is 0 Å². The van der Waals surface area contributed by atoms with Crippen LogP contribution < -0.4 is 5.73 Å². The fourth-order valence-electron chi connectivity index (χ4n) is 0.290. The second kappa shape index (κ2) is 2.87. The monoisotopic (exact) mass is 156 g/mol. The van der Waals surface area contributed by atoms with Crippen molar-refractivity contribution in [3.05, 3.63) is 0 Å². The lowest BCUT2D eigenvalue weighted by molar-refractivity contribution is -0.181. The van der Waals surface area contributed by atoms with E-state index in [1.165, 1.54) is 0 Å². The zero-order chi connectivity index (χ0) is 8.36. The highest BCUT2D eigenvalue weighted by Crippen LogP contribution is 2.19. The third-order valence-corrected chi connectivity index (χ3v) is 0.848. The molecule has 3 nitrogen and oxygen atoms in total. The summed E-state index contributed by atoms with van der Waals surface area (Å²) < 4.78 is 34.4. The van der Waals surface area contributed by atoms with E-state index in [1.54, 1.807) is 0 Å². The van der Waals surface area contributed by atoms with Gasteiger partial charge in [-0.25, -0.2) is 0 Å². The molecule has 0 heterocycles. The molecule has 0 saturated heterocycles. The largest absolute Gasteiger partial charge is 0.421 e. The number of rotatable bonds is 1. The fraction of sp³-hybridized carbons (Fsp3) is 0.750. The number of aliphatic hydroxyl groups excluding tert-OH is 1. The van der Waals surface area contributed by atoms with Crippen molar-refractivity contribution in [1.29, 1.82) is 0 Å². The van der Waals surface area contributed by atoms with Gasteiger partial charge in [-0.05, 0) is 0 Å². The Morgan fingerprint density at radius 2 is 2.00 bits per heavy atom. The summed E-state index contributed by atoms with van der Waals surface area (Å²) in [4.78, 5) is 2.98. The Morgan fingerprint density at radius 3 is 2.10 bits per heavy atom. The molecule has 0 saturated carbocycles. The maximum Gasteiger partial charge on any atom is 0.421 e. The van der Waals surface area contributed by atoms with Gasteiger partial charge in [0.1, 0.15) is 5.84 Å². The van der Waals surface area contributed by atoms with Gasteiger partial charge >= 0.3 is 6.18 Å². The van der Waals surface area contributed by atoms with E-state index >= 15 is 0 Å². The van der Waals surface area contributed by atoms with E-state index in [4.69, 9.17) is 5.11 Å². The highest BCUT2D eigenvalue weighted by molar-refractivity contribution is 5.85. The van der Waals surface area contributed by atoms with E-state index in [1.807, 2.05) is 0 Å². The normalized spacial score (nSPS) is 17.1. The van der Waals surface area contributed by atoms with Crippen LogP contribution in [0, 0.1) is 0 Å². The highest BCUT2D eigenvalue weighted by Gasteiger charge is 2.40. The molecular formula is C4H7F3N2O. The Bertz CT molecular complexity index is 142. The summed E-state index contributed by atoms with van der Waals surface area (Å²) in [7, 11) is 1.07. The van der Waals surface area contributed by atoms with Crippen LogP contribution in [0.5, 0.6) is 0 Å². The zero-order valence-corrected chi connectivity index (χ0v) is 5.18. The topological polar surface area (TPSA) is 58.6 Å². The van der Waals surface area contributed by atoms with E-state index in [0.717, 1.165) is 7.05 Å². The second-order valence-electron chi connectivity index (χ2n) is 1.59. The Morgan fingerprint density at radius 1 is 1.60 bits per heavy atom. The molecule has 0 radical (unpaired) electrons. The lowest BCUT2D eigenvalue weighted by Gasteiger charge is -2.12. The molecule has 0 aliphatic rings. The van der Waals surface area contributed by atoms with Gasteiger partial charge in [0.05, 0.1) is 0 Å². The van der Waals surface area contributed by atoms with Crippen molar-refractivity contribution in [1.82, 2.24) is 0 Å². The van der Waals surface area contributed by atoms with Gasteiger partial charge in [0.15, 0.2) is 0 Å². The number of alkyl halides is 3. The van der Waals surface area contributed by atoms with Crippen molar-refractivity contribution in [2.24, 2.45) is 10.7 Å². The van der Waals surface area contributed by atoms with Gasteiger partial charge in [-0.2, -0.15) is 13.2 Å². The Kier molecular flexibility index (Phi) is 2.65. The molecule has 0 rings (SSSR count). The molecule has 0 bridgehead atoms. The third kappa shape index (κ3) is 2.22. The molecule has 60 valence electrons. The first-order valence-electron chi connectivity index (χ1n) is 2.36. The summed E-state index contributed by atoms with van der Waals surface area (Å²) in [5, 5.41) is 8.27. The average Bonchev–Trinajstić information content (AvgIpc) is 1.83. The van der Waals surface area contributed by atoms with Gasteiger partial charge in [0.25, 0.3) is 0 Å². The molecule has 6 heteroatoms. The number of nitrogens with zero attached hydrogens (tertiary/aromatic N) is 1. The SMILES string of the molecule is CN=C(N)C(O)C(F)(F)F. The predicted molar refractivity (Wildman–Crippen MR) is 29.6 cm³/mol. The molecule has 3 N–H and O–H groups in total. The van der Waals surface area contributed by atoms with Gasteiger partial charge in [-0.3, -0.25) is 4.99 Å². The summed E-state index contributed by atoms with van der Waals surface area (Å²) in [5.74, 6) is -0.826. The number of hydrogen-bond acceptors (Lipinski definition) is 2. The van der Waals surface area contributed by atoms with Crippen LogP contribution in [0.4, 0.5) is 13.2 Å². The summed E-state index contributed by atoms with van der Waals surface area (Å²) >= 11 is 0. The number of halogens is 3. The van der Waals surface area contributed by atoms with Gasteiger partial charge in [-0.15, -0.1) is 0 Å². The van der Waals surface area contributed by atoms with Crippen LogP contribution in [0.1, 0.15) is 0 Å². The molecule has 0 amide bonds. The molecule has 0 spiro atoms. The summed E-state index contributed by atoms with van der Waals surface area (Å²) in [6, 6.07) is 0. The number of aliphatic imine (C=N–C) groups is 1. The van der Waals surface area contributed by atoms with E-state index in [9.17, 15) is 13.2 Å². The molecule has 1 unspecified atom stereocenters. The molecular weight excluding hydrogens is 149 g/mol. The molecule has 10 heavy (non-hydrogen) atoms. The number of nitrogens with two attached hydrogens (primary N) is 1. The zero-order valence-electron chi connectivity index (χ0n) is 5.18. The van der Waals surface area contributed by atoms with Crippen molar-refractivity contribution < 1.29 is 18.3 Å². The molecule has 0 aromatic heterocycles. The van der Waals surface area contributed by atoms with E-state index in [0.29, 0.717) is 0 Å². The maximum absolute atomic E-state index is 11.5. The summed E-state index contributed by atoms with van der Waals surface area (Å²) in [6.45, 7) is 0. The van der Waals surface area contributed by atoms with Crippen molar-refractivity contribution in [3.63, 3.8) is 0 Å². The number of amidine groups is 1. The first kappa shape index (κ1) is 9.22. The lowest BCUT2D eigenvalue weighted by Crippen LogP contribution is -2.41. The van der Waals surface area contributed by atoms with Crippen LogP contribution in [-0.4, -0.2) is 30.3 Å². The minimum atomic E-state index is -4.72.